The maximum atomic E-state index is 11.1. The van der Waals surface area contributed by atoms with E-state index in [2.05, 4.69) is 10.3 Å². The van der Waals surface area contributed by atoms with Gasteiger partial charge in [-0.2, -0.15) is 0 Å². The summed E-state index contributed by atoms with van der Waals surface area (Å²) in [6.45, 7) is 2.00. The van der Waals surface area contributed by atoms with Gasteiger partial charge in [-0.25, -0.2) is 9.78 Å². The van der Waals surface area contributed by atoms with Crippen LogP contribution in [0.3, 0.4) is 0 Å². The van der Waals surface area contributed by atoms with Gasteiger partial charge in [-0.1, -0.05) is 13.3 Å². The Labute approximate surface area is 113 Å². The molecule has 0 amide bonds. The highest BCUT2D eigenvalue weighted by atomic mass is 16.4. The lowest BCUT2D eigenvalue weighted by atomic mass is 9.95. The highest BCUT2D eigenvalue weighted by molar-refractivity contribution is 5.88. The predicted molar refractivity (Wildman–Crippen MR) is 73.4 cm³/mol. The van der Waals surface area contributed by atoms with Crippen LogP contribution >= 0.6 is 0 Å². The molecule has 2 saturated carbocycles. The van der Waals surface area contributed by atoms with Crippen molar-refractivity contribution in [2.45, 2.75) is 45.1 Å². The molecule has 19 heavy (non-hydrogen) atoms. The van der Waals surface area contributed by atoms with Gasteiger partial charge in [0.05, 0.1) is 5.56 Å². The molecule has 0 aromatic carbocycles. The smallest absolute Gasteiger partial charge is 0.335 e. The van der Waals surface area contributed by atoms with E-state index in [9.17, 15) is 4.79 Å². The second-order valence-electron chi connectivity index (χ2n) is 5.82. The first-order chi connectivity index (χ1) is 9.15. The summed E-state index contributed by atoms with van der Waals surface area (Å²) in [6, 6.07) is 3.81. The van der Waals surface area contributed by atoms with Gasteiger partial charge in [0.15, 0.2) is 0 Å². The number of carboxylic acids is 1. The van der Waals surface area contributed by atoms with E-state index in [1.165, 1.54) is 25.7 Å². The number of hydrogen-bond donors (Lipinski definition) is 2. The highest BCUT2D eigenvalue weighted by Gasteiger charge is 2.39. The third kappa shape index (κ3) is 2.44. The summed E-state index contributed by atoms with van der Waals surface area (Å²) in [5.74, 6) is 1.48. The number of carboxylic acid groups (broad SMARTS) is 1. The molecule has 2 aliphatic rings. The molecule has 1 aromatic heterocycles. The molecule has 4 heteroatoms. The normalized spacial score (nSPS) is 28.6. The molecule has 1 aromatic rings. The number of nitrogens with one attached hydrogen (secondary N) is 1. The number of aromatic carboxylic acids is 1. The van der Waals surface area contributed by atoms with Crippen LogP contribution in [0, 0.1) is 11.8 Å². The SMILES string of the molecule is CCc1cc(C(=O)O)cc(NC2CC3CCC2C3)n1. The van der Waals surface area contributed by atoms with Crippen molar-refractivity contribution >= 4 is 11.8 Å². The van der Waals surface area contributed by atoms with Gasteiger partial charge >= 0.3 is 5.97 Å². The van der Waals surface area contributed by atoms with E-state index in [1.54, 1.807) is 12.1 Å². The fraction of sp³-hybridized carbons (Fsp3) is 0.600. The number of carbonyl (C=O) groups is 1. The summed E-state index contributed by atoms with van der Waals surface area (Å²) in [6.07, 6.45) is 5.97. The van der Waals surface area contributed by atoms with Crippen molar-refractivity contribution < 1.29 is 9.90 Å². The lowest BCUT2D eigenvalue weighted by molar-refractivity contribution is 0.0696. The van der Waals surface area contributed by atoms with E-state index >= 15 is 0 Å². The Morgan fingerprint density at radius 1 is 1.42 bits per heavy atom. The van der Waals surface area contributed by atoms with Gasteiger partial charge in [0.1, 0.15) is 5.82 Å². The van der Waals surface area contributed by atoms with Crippen LogP contribution in [0.1, 0.15) is 48.7 Å². The topological polar surface area (TPSA) is 62.2 Å². The fourth-order valence-corrected chi connectivity index (χ4v) is 3.58. The number of anilines is 1. The molecule has 2 aliphatic carbocycles. The zero-order valence-electron chi connectivity index (χ0n) is 11.2. The second kappa shape index (κ2) is 4.83. The van der Waals surface area contributed by atoms with Crippen molar-refractivity contribution in [3.8, 4) is 0 Å². The molecule has 0 aliphatic heterocycles. The number of aromatic nitrogens is 1. The molecular weight excluding hydrogens is 240 g/mol. The second-order valence-corrected chi connectivity index (χ2v) is 5.82. The van der Waals surface area contributed by atoms with Gasteiger partial charge in [0.25, 0.3) is 0 Å². The van der Waals surface area contributed by atoms with Crippen LogP contribution in [-0.2, 0) is 6.42 Å². The van der Waals surface area contributed by atoms with Crippen LogP contribution in [0.5, 0.6) is 0 Å². The summed E-state index contributed by atoms with van der Waals surface area (Å²) in [4.78, 5) is 15.6. The van der Waals surface area contributed by atoms with Crippen LogP contribution in [0.15, 0.2) is 12.1 Å². The Kier molecular flexibility index (Phi) is 3.17. The molecule has 0 spiro atoms. The van der Waals surface area contributed by atoms with Crippen molar-refractivity contribution in [1.29, 1.82) is 0 Å². The van der Waals surface area contributed by atoms with Crippen molar-refractivity contribution in [2.75, 3.05) is 5.32 Å². The highest BCUT2D eigenvalue weighted by Crippen LogP contribution is 2.45. The Morgan fingerprint density at radius 3 is 2.84 bits per heavy atom. The molecule has 4 nitrogen and oxygen atoms in total. The average molecular weight is 260 g/mol. The summed E-state index contributed by atoms with van der Waals surface area (Å²) in [5, 5.41) is 12.6. The van der Waals surface area contributed by atoms with Crippen molar-refractivity contribution in [1.82, 2.24) is 4.98 Å². The predicted octanol–water partition coefficient (Wildman–Crippen LogP) is 2.94. The van der Waals surface area contributed by atoms with Crippen molar-refractivity contribution in [2.24, 2.45) is 11.8 Å². The minimum atomic E-state index is -0.881. The number of fused-ring (bicyclic) bond motifs is 2. The van der Waals surface area contributed by atoms with E-state index in [1.807, 2.05) is 6.92 Å². The van der Waals surface area contributed by atoms with Crippen molar-refractivity contribution in [3.63, 3.8) is 0 Å². The minimum Gasteiger partial charge on any atom is -0.478 e. The standard InChI is InChI=1S/C15H20N2O2/c1-2-12-7-11(15(18)19)8-14(16-12)17-13-6-9-3-4-10(13)5-9/h7-10,13H,2-6H2,1H3,(H,16,17)(H,18,19). The third-order valence-corrected chi connectivity index (χ3v) is 4.56. The Hall–Kier alpha value is -1.58. The molecule has 0 radical (unpaired) electrons. The summed E-state index contributed by atoms with van der Waals surface area (Å²) in [7, 11) is 0. The summed E-state index contributed by atoms with van der Waals surface area (Å²) >= 11 is 0. The van der Waals surface area contributed by atoms with E-state index in [4.69, 9.17) is 5.11 Å². The number of nitrogens with zero attached hydrogens (tertiary/aromatic N) is 1. The maximum absolute atomic E-state index is 11.1. The van der Waals surface area contributed by atoms with Gasteiger partial charge < -0.3 is 10.4 Å². The molecule has 3 unspecified atom stereocenters. The zero-order chi connectivity index (χ0) is 13.4. The first-order valence-corrected chi connectivity index (χ1v) is 7.16. The molecule has 102 valence electrons. The van der Waals surface area contributed by atoms with Gasteiger partial charge in [-0.3, -0.25) is 0 Å². The third-order valence-electron chi connectivity index (χ3n) is 4.56. The maximum Gasteiger partial charge on any atom is 0.335 e. The van der Waals surface area contributed by atoms with Crippen LogP contribution in [0.4, 0.5) is 5.82 Å². The molecule has 1 heterocycles. The average Bonchev–Trinajstić information content (AvgIpc) is 3.00. The molecule has 3 rings (SSSR count). The lowest BCUT2D eigenvalue weighted by Gasteiger charge is -2.23. The Morgan fingerprint density at radius 2 is 2.26 bits per heavy atom. The van der Waals surface area contributed by atoms with Crippen LogP contribution in [0.2, 0.25) is 0 Å². The molecule has 2 bridgehead atoms. The van der Waals surface area contributed by atoms with E-state index in [0.29, 0.717) is 11.6 Å². The first kappa shape index (κ1) is 12.5. The minimum absolute atomic E-state index is 0.331. The van der Waals surface area contributed by atoms with E-state index < -0.39 is 5.97 Å². The van der Waals surface area contributed by atoms with E-state index in [0.717, 1.165) is 29.8 Å². The molecule has 2 N–H and O–H groups in total. The number of rotatable bonds is 4. The fourth-order valence-electron chi connectivity index (χ4n) is 3.58. The Balaban J connectivity index is 1.80. The largest absolute Gasteiger partial charge is 0.478 e. The monoisotopic (exact) mass is 260 g/mol. The van der Waals surface area contributed by atoms with Crippen LogP contribution in [-0.4, -0.2) is 22.1 Å². The van der Waals surface area contributed by atoms with Gasteiger partial charge in [-0.15, -0.1) is 0 Å². The van der Waals surface area contributed by atoms with Gasteiger partial charge in [0, 0.05) is 11.7 Å². The summed E-state index contributed by atoms with van der Waals surface area (Å²) < 4.78 is 0. The summed E-state index contributed by atoms with van der Waals surface area (Å²) in [5.41, 5.74) is 1.17. The van der Waals surface area contributed by atoms with Gasteiger partial charge in [0.2, 0.25) is 0 Å². The Bertz CT molecular complexity index is 501. The van der Waals surface area contributed by atoms with E-state index in [-0.39, 0.29) is 0 Å². The molecule has 0 saturated heterocycles. The quantitative estimate of drug-likeness (QED) is 0.873. The number of aryl methyl sites for hydroxylation is 1. The number of pyridine rings is 1. The molecular formula is C15H20N2O2. The number of hydrogen-bond acceptors (Lipinski definition) is 3. The van der Waals surface area contributed by atoms with Crippen LogP contribution < -0.4 is 5.32 Å². The van der Waals surface area contributed by atoms with Crippen molar-refractivity contribution in [3.05, 3.63) is 23.4 Å². The molecule has 2 fully saturated rings. The first-order valence-electron chi connectivity index (χ1n) is 7.16. The van der Waals surface area contributed by atoms with Gasteiger partial charge in [-0.05, 0) is 49.7 Å². The zero-order valence-corrected chi connectivity index (χ0v) is 11.2. The molecule has 3 atom stereocenters. The lowest BCUT2D eigenvalue weighted by Crippen LogP contribution is -2.26. The van der Waals surface area contributed by atoms with Crippen LogP contribution in [0.25, 0.3) is 0 Å².